The van der Waals surface area contributed by atoms with Crippen molar-refractivity contribution in [1.29, 1.82) is 0 Å². The van der Waals surface area contributed by atoms with Crippen LogP contribution in [0.1, 0.15) is 41.4 Å². The second kappa shape index (κ2) is 6.84. The fourth-order valence-electron chi connectivity index (χ4n) is 3.08. The van der Waals surface area contributed by atoms with Gasteiger partial charge in [-0.15, -0.1) is 0 Å². The maximum atomic E-state index is 14.0. The molecule has 0 aliphatic heterocycles. The first-order chi connectivity index (χ1) is 13.4. The lowest BCUT2D eigenvalue weighted by Gasteiger charge is -2.13. The third kappa shape index (κ3) is 3.41. The van der Waals surface area contributed by atoms with E-state index in [2.05, 4.69) is 27.5 Å². The van der Waals surface area contributed by atoms with Crippen LogP contribution in [0, 0.1) is 17.9 Å². The van der Waals surface area contributed by atoms with Gasteiger partial charge in [-0.05, 0) is 32.8 Å². The lowest BCUT2D eigenvalue weighted by molar-refractivity contribution is -0.497. The van der Waals surface area contributed by atoms with Gasteiger partial charge in [0.25, 0.3) is 5.91 Å². The van der Waals surface area contributed by atoms with Crippen LogP contribution in [0.25, 0.3) is 11.1 Å². The smallest absolute Gasteiger partial charge is 0.255 e. The number of quaternary nitrogens is 1. The molecule has 4 N–H and O–H groups in total. The first kappa shape index (κ1) is 18.3. The van der Waals surface area contributed by atoms with Gasteiger partial charge in [0.1, 0.15) is 29.4 Å². The topological polar surface area (TPSA) is 120 Å². The number of hydrogen-bond donors (Lipinski definition) is 3. The van der Waals surface area contributed by atoms with Gasteiger partial charge in [0.05, 0.1) is 10.9 Å². The van der Waals surface area contributed by atoms with E-state index in [-0.39, 0.29) is 17.6 Å². The van der Waals surface area contributed by atoms with E-state index < -0.39 is 11.7 Å². The highest BCUT2D eigenvalue weighted by atomic mass is 19.1. The van der Waals surface area contributed by atoms with Gasteiger partial charge in [-0.25, -0.2) is 14.4 Å². The van der Waals surface area contributed by atoms with E-state index in [1.807, 2.05) is 0 Å². The molecule has 0 atom stereocenters. The van der Waals surface area contributed by atoms with Crippen LogP contribution in [0.2, 0.25) is 0 Å². The maximum absolute atomic E-state index is 14.0. The third-order valence-electron chi connectivity index (χ3n) is 4.96. The van der Waals surface area contributed by atoms with Crippen molar-refractivity contribution in [2.24, 2.45) is 0 Å². The molecule has 0 radical (unpaired) electrons. The Balaban J connectivity index is 1.63. The number of nitrogens with two attached hydrogens (primary N) is 1. The van der Waals surface area contributed by atoms with Gasteiger partial charge in [0.2, 0.25) is 5.71 Å². The molecule has 1 aromatic carbocycles. The Bertz CT molecular complexity index is 1060. The van der Waals surface area contributed by atoms with Gasteiger partial charge in [0.15, 0.2) is 0 Å². The molecule has 1 aliphatic carbocycles. The van der Waals surface area contributed by atoms with Gasteiger partial charge in [-0.2, -0.15) is 0 Å². The van der Waals surface area contributed by atoms with E-state index in [0.29, 0.717) is 39.4 Å². The molecule has 8 nitrogen and oxygen atoms in total. The fraction of sp³-hybridized carbons (Fsp3) is 0.316. The lowest BCUT2D eigenvalue weighted by atomic mass is 10.1. The van der Waals surface area contributed by atoms with Crippen LogP contribution in [0.4, 0.5) is 15.9 Å². The van der Waals surface area contributed by atoms with Crippen LogP contribution in [-0.2, 0) is 6.54 Å². The largest absolute Gasteiger partial charge is 0.630 e. The van der Waals surface area contributed by atoms with Crippen molar-refractivity contribution in [3.8, 4) is 0 Å². The molecule has 4 rings (SSSR count). The minimum absolute atomic E-state index is 0.0431. The zero-order valence-electron chi connectivity index (χ0n) is 15.5. The Labute approximate surface area is 160 Å². The summed E-state index contributed by atoms with van der Waals surface area (Å²) in [5, 5.41) is 17.5. The fourth-order valence-corrected chi connectivity index (χ4v) is 3.08. The number of anilines is 1. The standard InChI is InChI=1S/C19H20FN5O3/c1-10-14(17(26)21-8-11-7-12(25-27)3-4-13(11)20)15-16(24-19(2)5-6-19)22-9-23-18(15)28-10/h3-4,7,9H,5-6,8,25H2,1-2H3,(H,21,26)(H,22,23,24). The minimum atomic E-state index is -0.493. The van der Waals surface area contributed by atoms with Crippen molar-refractivity contribution >= 4 is 28.5 Å². The van der Waals surface area contributed by atoms with E-state index in [1.165, 1.54) is 24.5 Å². The average molecular weight is 385 g/mol. The number of carbonyl (C=O) groups is 1. The van der Waals surface area contributed by atoms with E-state index in [9.17, 15) is 14.4 Å². The number of hydrogen-bond acceptors (Lipinski definition) is 6. The van der Waals surface area contributed by atoms with E-state index in [0.717, 1.165) is 12.8 Å². The Morgan fingerprint density at radius 2 is 2.18 bits per heavy atom. The summed E-state index contributed by atoms with van der Waals surface area (Å²) in [4.78, 5) is 21.3. The number of halogens is 1. The van der Waals surface area contributed by atoms with Crippen LogP contribution in [0.15, 0.2) is 28.9 Å². The molecule has 0 bridgehead atoms. The van der Waals surface area contributed by atoms with Gasteiger partial charge >= 0.3 is 0 Å². The summed E-state index contributed by atoms with van der Waals surface area (Å²) in [6, 6.07) is 4.00. The molecule has 0 spiro atoms. The molecule has 2 aromatic heterocycles. The SMILES string of the molecule is Cc1oc2ncnc(NC3(C)CC3)c2c1C(=O)NCc1cc([NH2+][O-])ccc1F. The number of carbonyl (C=O) groups excluding carboxylic acids is 1. The molecule has 2 heterocycles. The Kier molecular flexibility index (Phi) is 4.48. The summed E-state index contributed by atoms with van der Waals surface area (Å²) in [6.45, 7) is 3.69. The summed E-state index contributed by atoms with van der Waals surface area (Å²) in [7, 11) is 0. The molecule has 146 valence electrons. The molecule has 1 saturated carbocycles. The van der Waals surface area contributed by atoms with Crippen LogP contribution >= 0.6 is 0 Å². The zero-order chi connectivity index (χ0) is 19.9. The van der Waals surface area contributed by atoms with Gasteiger partial charge in [-0.1, -0.05) is 0 Å². The Hall–Kier alpha value is -3.04. The summed E-state index contributed by atoms with van der Waals surface area (Å²) in [6.07, 6.45) is 3.42. The van der Waals surface area contributed by atoms with E-state index in [4.69, 9.17) is 4.42 Å². The van der Waals surface area contributed by atoms with E-state index >= 15 is 0 Å². The Morgan fingerprint density at radius 1 is 1.39 bits per heavy atom. The number of aryl methyl sites for hydroxylation is 1. The number of aromatic nitrogens is 2. The molecule has 0 saturated heterocycles. The number of benzene rings is 1. The summed E-state index contributed by atoms with van der Waals surface area (Å²) in [5.74, 6) is 0.0261. The summed E-state index contributed by atoms with van der Waals surface area (Å²) < 4.78 is 19.6. The third-order valence-corrected chi connectivity index (χ3v) is 4.96. The first-order valence-electron chi connectivity index (χ1n) is 8.94. The quantitative estimate of drug-likeness (QED) is 0.442. The maximum Gasteiger partial charge on any atom is 0.255 e. The summed E-state index contributed by atoms with van der Waals surface area (Å²) >= 11 is 0. The second-order valence-electron chi connectivity index (χ2n) is 7.27. The lowest BCUT2D eigenvalue weighted by Crippen LogP contribution is -2.70. The molecule has 0 unspecified atom stereocenters. The highest BCUT2D eigenvalue weighted by Gasteiger charge is 2.38. The van der Waals surface area contributed by atoms with Crippen molar-refractivity contribution in [3.05, 3.63) is 52.4 Å². The molecule has 1 amide bonds. The second-order valence-corrected chi connectivity index (χ2v) is 7.27. The minimum Gasteiger partial charge on any atom is -0.630 e. The molecule has 9 heteroatoms. The van der Waals surface area contributed by atoms with Crippen molar-refractivity contribution in [1.82, 2.24) is 15.3 Å². The average Bonchev–Trinajstić information content (AvgIpc) is 3.29. The highest BCUT2D eigenvalue weighted by molar-refractivity contribution is 6.10. The van der Waals surface area contributed by atoms with Crippen LogP contribution < -0.4 is 16.1 Å². The van der Waals surface area contributed by atoms with Gasteiger partial charge < -0.3 is 25.7 Å². The number of nitrogens with one attached hydrogen (secondary N) is 2. The number of fused-ring (bicyclic) bond motifs is 1. The van der Waals surface area contributed by atoms with E-state index in [1.54, 1.807) is 6.92 Å². The number of nitrogens with zero attached hydrogens (tertiary/aromatic N) is 2. The monoisotopic (exact) mass is 385 g/mol. The van der Waals surface area contributed by atoms with Gasteiger partial charge in [0, 0.05) is 29.8 Å². The summed E-state index contributed by atoms with van der Waals surface area (Å²) in [5.41, 5.74) is 1.79. The van der Waals surface area contributed by atoms with Crippen LogP contribution in [0.3, 0.4) is 0 Å². The molecule has 28 heavy (non-hydrogen) atoms. The van der Waals surface area contributed by atoms with Gasteiger partial charge in [-0.3, -0.25) is 4.79 Å². The molecule has 3 aromatic rings. The number of furan rings is 1. The Morgan fingerprint density at radius 3 is 2.89 bits per heavy atom. The molecule has 1 aliphatic rings. The molecular formula is C19H20FN5O3. The number of rotatable bonds is 6. The predicted molar refractivity (Wildman–Crippen MR) is 100 cm³/mol. The predicted octanol–water partition coefficient (Wildman–Crippen LogP) is 2.26. The molecule has 1 fully saturated rings. The van der Waals surface area contributed by atoms with Crippen LogP contribution in [0.5, 0.6) is 0 Å². The first-order valence-corrected chi connectivity index (χ1v) is 8.94. The normalized spacial score (nSPS) is 14.9. The van der Waals surface area contributed by atoms with Crippen molar-refractivity contribution in [3.63, 3.8) is 0 Å². The zero-order valence-corrected chi connectivity index (χ0v) is 15.5. The van der Waals surface area contributed by atoms with Crippen molar-refractivity contribution in [2.45, 2.75) is 38.8 Å². The highest BCUT2D eigenvalue weighted by Crippen LogP contribution is 2.40. The molecular weight excluding hydrogens is 365 g/mol. The number of amides is 1. The van der Waals surface area contributed by atoms with Crippen molar-refractivity contribution < 1.29 is 19.1 Å². The van der Waals surface area contributed by atoms with Crippen LogP contribution in [-0.4, -0.2) is 21.4 Å². The van der Waals surface area contributed by atoms with Crippen molar-refractivity contribution in [2.75, 3.05) is 5.32 Å².